The van der Waals surface area contributed by atoms with Crippen LogP contribution in [-0.2, 0) is 14.8 Å². The fraction of sp³-hybridized carbons (Fsp3) is 0.300. The summed E-state index contributed by atoms with van der Waals surface area (Å²) in [5, 5.41) is 2.76. The minimum Gasteiger partial charge on any atom is -0.350 e. The molecule has 0 unspecified atom stereocenters. The van der Waals surface area contributed by atoms with Gasteiger partial charge in [-0.25, -0.2) is 8.42 Å². The highest BCUT2D eigenvalue weighted by Crippen LogP contribution is 2.25. The highest BCUT2D eigenvalue weighted by molar-refractivity contribution is 7.92. The van der Waals surface area contributed by atoms with Crippen molar-refractivity contribution in [3.8, 4) is 0 Å². The van der Waals surface area contributed by atoms with Gasteiger partial charge in [0.15, 0.2) is 0 Å². The Balaban J connectivity index is 1.83. The van der Waals surface area contributed by atoms with E-state index in [0.717, 1.165) is 6.42 Å². The van der Waals surface area contributed by atoms with Gasteiger partial charge < -0.3 is 10.2 Å². The molecular weight excluding hydrogens is 378 g/mol. The van der Waals surface area contributed by atoms with Crippen LogP contribution in [0, 0.1) is 0 Å². The molecule has 28 heavy (non-hydrogen) atoms. The van der Waals surface area contributed by atoms with Gasteiger partial charge in [-0.1, -0.05) is 12.1 Å². The van der Waals surface area contributed by atoms with E-state index < -0.39 is 10.0 Å². The Morgan fingerprint density at radius 3 is 2.36 bits per heavy atom. The zero-order chi connectivity index (χ0) is 20.3. The standard InChI is InChI=1S/C20H23N3O4S/c1-14(2)21-20(25)17-6-3-4-7-18(17)22-28(26,27)16-11-9-15(10-12-16)23-13-5-8-19(23)24/h3-4,6-7,9-12,14,22H,5,8,13H2,1-2H3,(H,21,25). The van der Waals surface area contributed by atoms with E-state index in [1.165, 1.54) is 12.1 Å². The Hall–Kier alpha value is -2.87. The number of carbonyl (C=O) groups excluding carboxylic acids is 2. The minimum atomic E-state index is -3.89. The first-order valence-corrected chi connectivity index (χ1v) is 10.6. The van der Waals surface area contributed by atoms with Crippen molar-refractivity contribution in [2.75, 3.05) is 16.2 Å². The second-order valence-electron chi connectivity index (χ2n) is 6.92. The van der Waals surface area contributed by atoms with Gasteiger partial charge in [0.1, 0.15) is 0 Å². The molecule has 3 rings (SSSR count). The molecule has 2 aromatic carbocycles. The first kappa shape index (κ1) is 19.9. The van der Waals surface area contributed by atoms with Gasteiger partial charge in [-0.15, -0.1) is 0 Å². The lowest BCUT2D eigenvalue weighted by Crippen LogP contribution is -2.31. The number of para-hydroxylation sites is 1. The van der Waals surface area contributed by atoms with Gasteiger partial charge in [0, 0.05) is 24.7 Å². The summed E-state index contributed by atoms with van der Waals surface area (Å²) in [6.07, 6.45) is 1.31. The fourth-order valence-electron chi connectivity index (χ4n) is 3.04. The highest BCUT2D eigenvalue weighted by Gasteiger charge is 2.23. The summed E-state index contributed by atoms with van der Waals surface area (Å²) in [6.45, 7) is 4.30. The predicted molar refractivity (Wildman–Crippen MR) is 108 cm³/mol. The second-order valence-corrected chi connectivity index (χ2v) is 8.60. The largest absolute Gasteiger partial charge is 0.350 e. The predicted octanol–water partition coefficient (Wildman–Crippen LogP) is 2.75. The van der Waals surface area contributed by atoms with Crippen LogP contribution in [0.4, 0.5) is 11.4 Å². The smallest absolute Gasteiger partial charge is 0.261 e. The number of hydrogen-bond donors (Lipinski definition) is 2. The Labute approximate surface area is 164 Å². The molecule has 0 radical (unpaired) electrons. The lowest BCUT2D eigenvalue weighted by Gasteiger charge is -2.17. The molecule has 0 bridgehead atoms. The van der Waals surface area contributed by atoms with E-state index in [-0.39, 0.29) is 34.0 Å². The Kier molecular flexibility index (Phi) is 5.69. The van der Waals surface area contributed by atoms with Crippen LogP contribution in [0.3, 0.4) is 0 Å². The highest BCUT2D eigenvalue weighted by atomic mass is 32.2. The molecule has 8 heteroatoms. The average Bonchev–Trinajstić information content (AvgIpc) is 3.07. The van der Waals surface area contributed by atoms with Crippen molar-refractivity contribution in [3.05, 3.63) is 54.1 Å². The third kappa shape index (κ3) is 4.33. The van der Waals surface area contributed by atoms with Gasteiger partial charge in [-0.2, -0.15) is 0 Å². The van der Waals surface area contributed by atoms with Crippen LogP contribution >= 0.6 is 0 Å². The minimum absolute atomic E-state index is 0.0406. The lowest BCUT2D eigenvalue weighted by atomic mass is 10.1. The summed E-state index contributed by atoms with van der Waals surface area (Å²) in [5.41, 5.74) is 1.14. The first-order valence-electron chi connectivity index (χ1n) is 9.11. The number of hydrogen-bond acceptors (Lipinski definition) is 4. The molecular formula is C20H23N3O4S. The Bertz CT molecular complexity index is 985. The van der Waals surface area contributed by atoms with Gasteiger partial charge in [0.05, 0.1) is 16.1 Å². The van der Waals surface area contributed by atoms with Crippen LogP contribution in [0.2, 0.25) is 0 Å². The SMILES string of the molecule is CC(C)NC(=O)c1ccccc1NS(=O)(=O)c1ccc(N2CCCC2=O)cc1. The zero-order valence-electron chi connectivity index (χ0n) is 15.8. The molecule has 1 aliphatic heterocycles. The van der Waals surface area contributed by atoms with Crippen molar-refractivity contribution in [3.63, 3.8) is 0 Å². The molecule has 148 valence electrons. The molecule has 2 aromatic rings. The van der Waals surface area contributed by atoms with Crippen LogP contribution in [0.15, 0.2) is 53.4 Å². The maximum Gasteiger partial charge on any atom is 0.261 e. The summed E-state index contributed by atoms with van der Waals surface area (Å²) in [7, 11) is -3.89. The molecule has 1 heterocycles. The Morgan fingerprint density at radius 1 is 1.07 bits per heavy atom. The van der Waals surface area contributed by atoms with Crippen molar-refractivity contribution >= 4 is 33.2 Å². The number of rotatable bonds is 6. The number of amides is 2. The maximum absolute atomic E-state index is 12.8. The first-order chi connectivity index (χ1) is 13.3. The number of anilines is 2. The summed E-state index contributed by atoms with van der Waals surface area (Å²) >= 11 is 0. The van der Waals surface area contributed by atoms with Gasteiger partial charge in [0.2, 0.25) is 5.91 Å². The van der Waals surface area contributed by atoms with Crippen LogP contribution in [-0.4, -0.2) is 32.8 Å². The van der Waals surface area contributed by atoms with E-state index in [9.17, 15) is 18.0 Å². The van der Waals surface area contributed by atoms with Gasteiger partial charge in [-0.05, 0) is 56.7 Å². The van der Waals surface area contributed by atoms with Gasteiger partial charge in [-0.3, -0.25) is 14.3 Å². The number of benzene rings is 2. The van der Waals surface area contributed by atoms with Crippen molar-refractivity contribution in [1.29, 1.82) is 0 Å². The summed E-state index contributed by atoms with van der Waals surface area (Å²) in [4.78, 5) is 25.9. The number of carbonyl (C=O) groups is 2. The van der Waals surface area contributed by atoms with Crippen molar-refractivity contribution in [1.82, 2.24) is 5.32 Å². The van der Waals surface area contributed by atoms with E-state index in [1.807, 2.05) is 13.8 Å². The molecule has 7 nitrogen and oxygen atoms in total. The summed E-state index contributed by atoms with van der Waals surface area (Å²) in [6, 6.07) is 12.5. The quantitative estimate of drug-likeness (QED) is 0.778. The van der Waals surface area contributed by atoms with E-state index in [4.69, 9.17) is 0 Å². The monoisotopic (exact) mass is 401 g/mol. The van der Waals surface area contributed by atoms with Crippen molar-refractivity contribution in [2.45, 2.75) is 37.6 Å². The Morgan fingerprint density at radius 2 is 1.75 bits per heavy atom. The van der Waals surface area contributed by atoms with E-state index in [1.54, 1.807) is 41.3 Å². The number of nitrogens with zero attached hydrogens (tertiary/aromatic N) is 1. The normalized spacial score (nSPS) is 14.4. The number of sulfonamides is 1. The maximum atomic E-state index is 12.8. The third-order valence-corrected chi connectivity index (χ3v) is 5.75. The van der Waals surface area contributed by atoms with Gasteiger partial charge in [0.25, 0.3) is 15.9 Å². The molecule has 2 amide bonds. The van der Waals surface area contributed by atoms with Crippen LogP contribution in [0.1, 0.15) is 37.0 Å². The molecule has 2 N–H and O–H groups in total. The summed E-state index contributed by atoms with van der Waals surface area (Å²) < 4.78 is 28.0. The zero-order valence-corrected chi connectivity index (χ0v) is 16.6. The van der Waals surface area contributed by atoms with Crippen LogP contribution in [0.25, 0.3) is 0 Å². The van der Waals surface area contributed by atoms with E-state index >= 15 is 0 Å². The number of nitrogens with one attached hydrogen (secondary N) is 2. The third-order valence-electron chi connectivity index (χ3n) is 4.37. The molecule has 0 atom stereocenters. The van der Waals surface area contributed by atoms with Crippen molar-refractivity contribution < 1.29 is 18.0 Å². The van der Waals surface area contributed by atoms with Crippen LogP contribution in [0.5, 0.6) is 0 Å². The molecule has 0 saturated carbocycles. The fourth-order valence-corrected chi connectivity index (χ4v) is 4.12. The van der Waals surface area contributed by atoms with E-state index in [2.05, 4.69) is 10.0 Å². The molecule has 1 fully saturated rings. The molecule has 0 spiro atoms. The second kappa shape index (κ2) is 8.02. The summed E-state index contributed by atoms with van der Waals surface area (Å²) in [5.74, 6) is -0.310. The van der Waals surface area contributed by atoms with E-state index in [0.29, 0.717) is 18.7 Å². The van der Waals surface area contributed by atoms with Crippen LogP contribution < -0.4 is 14.9 Å². The van der Waals surface area contributed by atoms with Crippen molar-refractivity contribution in [2.24, 2.45) is 0 Å². The molecule has 1 saturated heterocycles. The average molecular weight is 401 g/mol. The molecule has 0 aromatic heterocycles. The van der Waals surface area contributed by atoms with Gasteiger partial charge >= 0.3 is 0 Å². The lowest BCUT2D eigenvalue weighted by molar-refractivity contribution is -0.117. The topological polar surface area (TPSA) is 95.6 Å². The molecule has 0 aliphatic carbocycles. The molecule has 1 aliphatic rings.